The number of benzene rings is 2. The first-order valence-corrected chi connectivity index (χ1v) is 9.71. The van der Waals surface area contributed by atoms with Gasteiger partial charge < -0.3 is 9.97 Å². The quantitative estimate of drug-likeness (QED) is 0.501. The molecule has 0 spiro atoms. The smallest absolute Gasteiger partial charge is 0.256 e. The van der Waals surface area contributed by atoms with Gasteiger partial charge in [0.05, 0.1) is 5.52 Å². The molecule has 0 atom stereocenters. The monoisotopic (exact) mass is 384 g/mol. The second kappa shape index (κ2) is 6.89. The lowest BCUT2D eigenvalue weighted by Crippen LogP contribution is -2.15. The average Bonchev–Trinajstić information content (AvgIpc) is 2.66. The summed E-state index contributed by atoms with van der Waals surface area (Å²) in [5.74, 6) is 0. The molecule has 2 N–H and O–H groups in total. The van der Waals surface area contributed by atoms with Crippen LogP contribution in [0.2, 0.25) is 0 Å². The average molecular weight is 384 g/mol. The number of aromatic amines is 2. The molecule has 0 aliphatic carbocycles. The molecule has 0 saturated heterocycles. The third-order valence-electron chi connectivity index (χ3n) is 5.26. The van der Waals surface area contributed by atoms with Gasteiger partial charge in [-0.1, -0.05) is 50.6 Å². The van der Waals surface area contributed by atoms with Crippen LogP contribution in [0.1, 0.15) is 31.9 Å². The summed E-state index contributed by atoms with van der Waals surface area (Å²) in [5.41, 5.74) is 5.22. The van der Waals surface area contributed by atoms with E-state index in [0.717, 1.165) is 27.6 Å². The molecule has 0 bridgehead atoms. The van der Waals surface area contributed by atoms with E-state index in [0.29, 0.717) is 16.6 Å². The van der Waals surface area contributed by atoms with Gasteiger partial charge in [-0.05, 0) is 59.2 Å². The van der Waals surface area contributed by atoms with Crippen molar-refractivity contribution in [1.82, 2.24) is 9.97 Å². The highest BCUT2D eigenvalue weighted by atomic mass is 16.1. The summed E-state index contributed by atoms with van der Waals surface area (Å²) in [4.78, 5) is 31.2. The molecule has 0 radical (unpaired) electrons. The minimum absolute atomic E-state index is 0.107. The predicted octanol–water partition coefficient (Wildman–Crippen LogP) is 5.16. The third kappa shape index (κ3) is 3.54. The van der Waals surface area contributed by atoms with Crippen LogP contribution in [-0.4, -0.2) is 9.97 Å². The van der Waals surface area contributed by atoms with Gasteiger partial charge in [-0.2, -0.15) is 0 Å². The maximum Gasteiger partial charge on any atom is 0.256 e. The molecule has 2 aromatic carbocycles. The number of hydrogen-bond donors (Lipinski definition) is 2. The predicted molar refractivity (Wildman–Crippen MR) is 119 cm³/mol. The topological polar surface area (TPSA) is 65.7 Å². The maximum atomic E-state index is 13.0. The molecular weight excluding hydrogens is 360 g/mol. The van der Waals surface area contributed by atoms with E-state index in [9.17, 15) is 9.59 Å². The zero-order chi connectivity index (χ0) is 20.8. The highest BCUT2D eigenvalue weighted by Gasteiger charge is 2.19. The van der Waals surface area contributed by atoms with Crippen molar-refractivity contribution >= 4 is 10.9 Å². The summed E-state index contributed by atoms with van der Waals surface area (Å²) < 4.78 is 0. The molecule has 0 unspecified atom stereocenters. The molecule has 0 aliphatic rings. The van der Waals surface area contributed by atoms with Crippen LogP contribution in [0.15, 0.2) is 70.4 Å². The molecule has 0 aliphatic heterocycles. The first kappa shape index (κ1) is 18.9. The largest absolute Gasteiger partial charge is 0.329 e. The van der Waals surface area contributed by atoms with E-state index < -0.39 is 0 Å². The lowest BCUT2D eigenvalue weighted by Gasteiger charge is -2.21. The molecule has 2 aromatic heterocycles. The van der Waals surface area contributed by atoms with Gasteiger partial charge in [-0.15, -0.1) is 0 Å². The van der Waals surface area contributed by atoms with Crippen LogP contribution in [0, 0.1) is 6.92 Å². The van der Waals surface area contributed by atoms with E-state index in [1.54, 1.807) is 18.3 Å². The zero-order valence-electron chi connectivity index (χ0n) is 17.1. The van der Waals surface area contributed by atoms with E-state index in [4.69, 9.17) is 0 Å². The standard InChI is InChI=1S/C25H24N2O2/c1-15-7-5-8-16(11-15)20-13-17-12-18(25(2,3)4)14-21(22(17)27-24(20)29)19-9-6-10-26-23(19)28/h5-14H,1-4H3,(H,26,28)(H,27,29). The summed E-state index contributed by atoms with van der Waals surface area (Å²) in [6.07, 6.45) is 1.61. The Hall–Kier alpha value is -3.40. The SMILES string of the molecule is Cc1cccc(-c2cc3cc(C(C)(C)C)cc(-c4ccc[nH]c4=O)c3[nH]c2=O)c1. The van der Waals surface area contributed by atoms with Crippen LogP contribution >= 0.6 is 0 Å². The van der Waals surface area contributed by atoms with Crippen molar-refractivity contribution in [2.75, 3.05) is 0 Å². The van der Waals surface area contributed by atoms with Gasteiger partial charge in [0.2, 0.25) is 0 Å². The Kier molecular flexibility index (Phi) is 4.50. The van der Waals surface area contributed by atoms with Crippen molar-refractivity contribution in [3.8, 4) is 22.3 Å². The first-order valence-electron chi connectivity index (χ1n) is 9.71. The summed E-state index contributed by atoms with van der Waals surface area (Å²) in [6, 6.07) is 17.5. The van der Waals surface area contributed by atoms with Gasteiger partial charge in [0.1, 0.15) is 0 Å². The Balaban J connectivity index is 2.08. The normalized spacial score (nSPS) is 11.7. The van der Waals surface area contributed by atoms with E-state index in [2.05, 4.69) is 36.8 Å². The Morgan fingerprint density at radius 1 is 0.793 bits per heavy atom. The highest BCUT2D eigenvalue weighted by Crippen LogP contribution is 2.33. The van der Waals surface area contributed by atoms with E-state index in [1.807, 2.05) is 43.3 Å². The zero-order valence-corrected chi connectivity index (χ0v) is 17.1. The molecule has 0 amide bonds. The summed E-state index contributed by atoms with van der Waals surface area (Å²) >= 11 is 0. The first-order chi connectivity index (χ1) is 13.7. The lowest BCUT2D eigenvalue weighted by molar-refractivity contribution is 0.591. The van der Waals surface area contributed by atoms with E-state index in [1.165, 1.54) is 0 Å². The molecular formula is C25H24N2O2. The number of aromatic nitrogens is 2. The fourth-order valence-corrected chi connectivity index (χ4v) is 3.63. The minimum Gasteiger partial charge on any atom is -0.329 e. The number of nitrogens with one attached hydrogen (secondary N) is 2. The second-order valence-corrected chi connectivity index (χ2v) is 8.53. The van der Waals surface area contributed by atoms with Gasteiger partial charge in [0.25, 0.3) is 11.1 Å². The Morgan fingerprint density at radius 3 is 2.28 bits per heavy atom. The van der Waals surface area contributed by atoms with Crippen molar-refractivity contribution in [3.63, 3.8) is 0 Å². The van der Waals surface area contributed by atoms with Crippen molar-refractivity contribution in [2.24, 2.45) is 0 Å². The van der Waals surface area contributed by atoms with E-state index >= 15 is 0 Å². The van der Waals surface area contributed by atoms with Gasteiger partial charge in [-0.3, -0.25) is 9.59 Å². The molecule has 0 saturated carbocycles. The fourth-order valence-electron chi connectivity index (χ4n) is 3.63. The molecule has 4 aromatic rings. The summed E-state index contributed by atoms with van der Waals surface area (Å²) in [7, 11) is 0. The lowest BCUT2D eigenvalue weighted by atomic mass is 9.84. The van der Waals surface area contributed by atoms with Crippen LogP contribution in [0.25, 0.3) is 33.2 Å². The van der Waals surface area contributed by atoms with Crippen LogP contribution in [0.4, 0.5) is 0 Å². The number of pyridine rings is 2. The molecule has 146 valence electrons. The molecule has 0 fully saturated rings. The molecule has 4 rings (SSSR count). The maximum absolute atomic E-state index is 13.0. The molecule has 4 nitrogen and oxygen atoms in total. The van der Waals surface area contributed by atoms with Crippen LogP contribution in [0.3, 0.4) is 0 Å². The second-order valence-electron chi connectivity index (χ2n) is 8.53. The Bertz CT molecular complexity index is 1340. The number of fused-ring (bicyclic) bond motifs is 1. The Morgan fingerprint density at radius 2 is 1.59 bits per heavy atom. The van der Waals surface area contributed by atoms with Crippen LogP contribution < -0.4 is 11.1 Å². The van der Waals surface area contributed by atoms with Gasteiger partial charge in [0, 0.05) is 22.9 Å². The van der Waals surface area contributed by atoms with E-state index in [-0.39, 0.29) is 16.5 Å². The number of aryl methyl sites for hydroxylation is 1. The van der Waals surface area contributed by atoms with Gasteiger partial charge in [-0.25, -0.2) is 0 Å². The molecule has 29 heavy (non-hydrogen) atoms. The van der Waals surface area contributed by atoms with Gasteiger partial charge in [0.15, 0.2) is 0 Å². The molecule has 2 heterocycles. The number of H-pyrrole nitrogens is 2. The fraction of sp³-hybridized carbons (Fsp3) is 0.200. The van der Waals surface area contributed by atoms with Crippen molar-refractivity contribution in [3.05, 3.63) is 92.6 Å². The van der Waals surface area contributed by atoms with Crippen molar-refractivity contribution in [1.29, 1.82) is 0 Å². The molecule has 4 heteroatoms. The number of rotatable bonds is 2. The summed E-state index contributed by atoms with van der Waals surface area (Å²) in [6.45, 7) is 8.43. The Labute approximate surface area is 169 Å². The van der Waals surface area contributed by atoms with Crippen molar-refractivity contribution in [2.45, 2.75) is 33.1 Å². The third-order valence-corrected chi connectivity index (χ3v) is 5.26. The number of hydrogen-bond acceptors (Lipinski definition) is 2. The van der Waals surface area contributed by atoms with Crippen LogP contribution in [-0.2, 0) is 5.41 Å². The highest BCUT2D eigenvalue weighted by molar-refractivity contribution is 5.96. The van der Waals surface area contributed by atoms with Crippen molar-refractivity contribution < 1.29 is 0 Å². The minimum atomic E-state index is -0.177. The summed E-state index contributed by atoms with van der Waals surface area (Å²) in [5, 5.41) is 0.909. The van der Waals surface area contributed by atoms with Gasteiger partial charge >= 0.3 is 0 Å². The van der Waals surface area contributed by atoms with Crippen LogP contribution in [0.5, 0.6) is 0 Å².